The first kappa shape index (κ1) is 14.1. The lowest BCUT2D eigenvalue weighted by atomic mass is 10.1. The molecule has 0 radical (unpaired) electrons. The maximum atomic E-state index is 13.7. The van der Waals surface area contributed by atoms with Crippen molar-refractivity contribution in [2.75, 3.05) is 11.9 Å². The number of carbonyl (C=O) groups excluding carboxylic acids is 1. The number of nitrogens with zero attached hydrogens (tertiary/aromatic N) is 2. The van der Waals surface area contributed by atoms with Gasteiger partial charge in [0, 0.05) is 23.5 Å². The van der Waals surface area contributed by atoms with Gasteiger partial charge >= 0.3 is 0 Å². The number of aromatic nitrogens is 2. The van der Waals surface area contributed by atoms with E-state index in [9.17, 15) is 9.18 Å². The number of hydrogen-bond acceptors (Lipinski definition) is 5. The lowest BCUT2D eigenvalue weighted by Crippen LogP contribution is -2.13. The standard InChI is InChI=1S/C13H10FN3O2S/c14-11-5-4-9(3-1-2-6-18)7-10(11)13(19)16-12-8-15-17-20-12/h4-5,7-8,18H,2,6H2,(H,16,19). The van der Waals surface area contributed by atoms with Crippen molar-refractivity contribution >= 4 is 22.4 Å². The molecule has 20 heavy (non-hydrogen) atoms. The van der Waals surface area contributed by atoms with Crippen molar-refractivity contribution in [2.45, 2.75) is 6.42 Å². The van der Waals surface area contributed by atoms with Gasteiger partial charge in [0.05, 0.1) is 18.4 Å². The van der Waals surface area contributed by atoms with Crippen LogP contribution in [-0.2, 0) is 0 Å². The number of anilines is 1. The Morgan fingerprint density at radius 3 is 3.05 bits per heavy atom. The molecule has 0 unspecified atom stereocenters. The number of aliphatic hydroxyl groups excluding tert-OH is 1. The monoisotopic (exact) mass is 291 g/mol. The van der Waals surface area contributed by atoms with E-state index in [4.69, 9.17) is 5.11 Å². The predicted molar refractivity (Wildman–Crippen MR) is 72.8 cm³/mol. The summed E-state index contributed by atoms with van der Waals surface area (Å²) >= 11 is 1.00. The Balaban J connectivity index is 2.20. The molecule has 1 amide bonds. The van der Waals surface area contributed by atoms with Gasteiger partial charge in [-0.3, -0.25) is 4.79 Å². The van der Waals surface area contributed by atoms with Crippen LogP contribution >= 0.6 is 11.5 Å². The molecule has 0 saturated heterocycles. The Kier molecular flexibility index (Phi) is 4.76. The highest BCUT2D eigenvalue weighted by atomic mass is 32.1. The fourth-order valence-corrected chi connectivity index (χ4v) is 1.81. The van der Waals surface area contributed by atoms with Crippen molar-refractivity contribution in [1.29, 1.82) is 0 Å². The van der Waals surface area contributed by atoms with Crippen LogP contribution in [0, 0.1) is 17.7 Å². The number of hydrogen-bond donors (Lipinski definition) is 2. The van der Waals surface area contributed by atoms with E-state index in [0.717, 1.165) is 11.5 Å². The molecule has 0 atom stereocenters. The first-order chi connectivity index (χ1) is 9.70. The largest absolute Gasteiger partial charge is 0.395 e. The van der Waals surface area contributed by atoms with Gasteiger partial charge in [-0.15, -0.1) is 5.10 Å². The van der Waals surface area contributed by atoms with Gasteiger partial charge in [0.2, 0.25) is 0 Å². The molecule has 5 nitrogen and oxygen atoms in total. The number of aliphatic hydroxyl groups is 1. The molecule has 0 aliphatic rings. The Labute approximate surface area is 118 Å². The second-order valence-electron chi connectivity index (χ2n) is 3.71. The lowest BCUT2D eigenvalue weighted by Gasteiger charge is -2.03. The summed E-state index contributed by atoms with van der Waals surface area (Å²) < 4.78 is 17.3. The van der Waals surface area contributed by atoms with Crippen LogP contribution < -0.4 is 5.32 Å². The van der Waals surface area contributed by atoms with Crippen LogP contribution in [-0.4, -0.2) is 27.2 Å². The van der Waals surface area contributed by atoms with Crippen LogP contribution in [0.15, 0.2) is 24.4 Å². The van der Waals surface area contributed by atoms with Gasteiger partial charge in [0.15, 0.2) is 0 Å². The van der Waals surface area contributed by atoms with Crippen LogP contribution in [0.3, 0.4) is 0 Å². The molecule has 1 heterocycles. The lowest BCUT2D eigenvalue weighted by molar-refractivity contribution is 0.102. The molecule has 0 saturated carbocycles. The minimum absolute atomic E-state index is 0.0418. The Hall–Kier alpha value is -2.30. The highest BCUT2D eigenvalue weighted by Crippen LogP contribution is 2.15. The van der Waals surface area contributed by atoms with Crippen molar-refractivity contribution in [2.24, 2.45) is 0 Å². The summed E-state index contributed by atoms with van der Waals surface area (Å²) in [5.74, 6) is 4.24. The minimum atomic E-state index is -0.632. The molecule has 102 valence electrons. The van der Waals surface area contributed by atoms with Gasteiger partial charge < -0.3 is 10.4 Å². The SMILES string of the molecule is O=C(Nc1cnns1)c1cc(C#CCCO)ccc1F. The zero-order valence-corrected chi connectivity index (χ0v) is 11.1. The summed E-state index contributed by atoms with van der Waals surface area (Å²) in [6.45, 7) is -0.0418. The third kappa shape index (κ3) is 3.60. The Morgan fingerprint density at radius 1 is 1.50 bits per heavy atom. The second kappa shape index (κ2) is 6.75. The van der Waals surface area contributed by atoms with Crippen molar-refractivity contribution in [3.05, 3.63) is 41.3 Å². The van der Waals surface area contributed by atoms with Gasteiger partial charge in [-0.2, -0.15) is 0 Å². The van der Waals surface area contributed by atoms with Crippen LogP contribution in [0.1, 0.15) is 22.3 Å². The summed E-state index contributed by atoms with van der Waals surface area (Å²) in [6.07, 6.45) is 1.71. The maximum absolute atomic E-state index is 13.7. The molecule has 2 rings (SSSR count). The molecule has 0 bridgehead atoms. The number of amides is 1. The summed E-state index contributed by atoms with van der Waals surface area (Å²) in [6, 6.07) is 4.02. The molecule has 0 fully saturated rings. The molecule has 1 aromatic carbocycles. The number of carbonyl (C=O) groups is 1. The average molecular weight is 291 g/mol. The number of halogens is 1. The second-order valence-corrected chi connectivity index (χ2v) is 4.49. The zero-order valence-electron chi connectivity index (χ0n) is 10.3. The molecular weight excluding hydrogens is 281 g/mol. The molecule has 0 aliphatic carbocycles. The third-order valence-electron chi connectivity index (χ3n) is 2.28. The number of rotatable bonds is 3. The highest BCUT2D eigenvalue weighted by Gasteiger charge is 2.13. The van der Waals surface area contributed by atoms with E-state index in [1.807, 2.05) is 0 Å². The average Bonchev–Trinajstić information content (AvgIpc) is 2.93. The van der Waals surface area contributed by atoms with Gasteiger partial charge in [0.1, 0.15) is 10.8 Å². The quantitative estimate of drug-likeness (QED) is 0.843. The third-order valence-corrected chi connectivity index (χ3v) is 2.86. The Morgan fingerprint density at radius 2 is 2.35 bits per heavy atom. The smallest absolute Gasteiger partial charge is 0.259 e. The first-order valence-electron chi connectivity index (χ1n) is 5.68. The van der Waals surface area contributed by atoms with E-state index in [-0.39, 0.29) is 12.2 Å². The number of nitrogens with one attached hydrogen (secondary N) is 1. The van der Waals surface area contributed by atoms with Gasteiger partial charge in [-0.25, -0.2) is 4.39 Å². The van der Waals surface area contributed by atoms with E-state index in [1.54, 1.807) is 0 Å². The topological polar surface area (TPSA) is 75.1 Å². The van der Waals surface area contributed by atoms with Crippen molar-refractivity contribution < 1.29 is 14.3 Å². The molecule has 2 aromatic rings. The van der Waals surface area contributed by atoms with Crippen molar-refractivity contribution in [3.63, 3.8) is 0 Å². The van der Waals surface area contributed by atoms with E-state index in [1.165, 1.54) is 24.4 Å². The van der Waals surface area contributed by atoms with Crippen molar-refractivity contribution in [3.8, 4) is 11.8 Å². The van der Waals surface area contributed by atoms with Crippen LogP contribution in [0.2, 0.25) is 0 Å². The van der Waals surface area contributed by atoms with Crippen molar-refractivity contribution in [1.82, 2.24) is 9.59 Å². The molecule has 7 heteroatoms. The van der Waals surface area contributed by atoms with Gasteiger partial charge in [-0.1, -0.05) is 16.3 Å². The fourth-order valence-electron chi connectivity index (χ4n) is 1.40. The molecule has 2 N–H and O–H groups in total. The summed E-state index contributed by atoms with van der Waals surface area (Å²) in [4.78, 5) is 11.9. The van der Waals surface area contributed by atoms with Crippen LogP contribution in [0.4, 0.5) is 9.39 Å². The Bertz CT molecular complexity index is 662. The zero-order chi connectivity index (χ0) is 14.4. The predicted octanol–water partition coefficient (Wildman–Crippen LogP) is 1.66. The van der Waals surface area contributed by atoms with Gasteiger partial charge in [0.25, 0.3) is 5.91 Å². The van der Waals surface area contributed by atoms with E-state index < -0.39 is 11.7 Å². The van der Waals surface area contributed by atoms with E-state index >= 15 is 0 Å². The highest BCUT2D eigenvalue weighted by molar-refractivity contribution is 7.10. The van der Waals surface area contributed by atoms with E-state index in [0.29, 0.717) is 17.0 Å². The number of benzene rings is 1. The van der Waals surface area contributed by atoms with Crippen LogP contribution in [0.25, 0.3) is 0 Å². The van der Waals surface area contributed by atoms with E-state index in [2.05, 4.69) is 26.7 Å². The van der Waals surface area contributed by atoms with Gasteiger partial charge in [-0.05, 0) is 18.2 Å². The summed E-state index contributed by atoms with van der Waals surface area (Å²) in [7, 11) is 0. The summed E-state index contributed by atoms with van der Waals surface area (Å²) in [5.41, 5.74) is 0.404. The first-order valence-corrected chi connectivity index (χ1v) is 6.46. The molecule has 0 aliphatic heterocycles. The molecule has 1 aromatic heterocycles. The minimum Gasteiger partial charge on any atom is -0.395 e. The summed E-state index contributed by atoms with van der Waals surface area (Å²) in [5, 5.41) is 15.1. The molecular formula is C13H10FN3O2S. The normalized spacial score (nSPS) is 9.70. The maximum Gasteiger partial charge on any atom is 0.259 e. The van der Waals surface area contributed by atoms with Crippen LogP contribution in [0.5, 0.6) is 0 Å². The molecule has 0 spiro atoms. The fraction of sp³-hybridized carbons (Fsp3) is 0.154.